The van der Waals surface area contributed by atoms with Crippen LogP contribution in [0.3, 0.4) is 0 Å². The fraction of sp³-hybridized carbons (Fsp3) is 0.188. The molecule has 0 aromatic heterocycles. The molecule has 2 aromatic rings. The van der Waals surface area contributed by atoms with E-state index in [2.05, 4.69) is 0 Å². The molecule has 0 bridgehead atoms. The second-order valence-electron chi connectivity index (χ2n) is 4.13. The lowest BCUT2D eigenvalue weighted by atomic mass is 10.2. The van der Waals surface area contributed by atoms with Crippen LogP contribution in [0, 0.1) is 0 Å². The van der Waals surface area contributed by atoms with Gasteiger partial charge < -0.3 is 14.2 Å². The number of hydrogen-bond acceptors (Lipinski definition) is 4. The van der Waals surface area contributed by atoms with E-state index in [0.717, 1.165) is 11.3 Å². The second kappa shape index (κ2) is 6.61. The minimum Gasteiger partial charge on any atom is -0.497 e. The molecular weight excluding hydrogens is 256 g/mol. The number of para-hydroxylation sites is 1. The Bertz CT molecular complexity index is 593. The van der Waals surface area contributed by atoms with Crippen molar-refractivity contribution in [2.75, 3.05) is 14.2 Å². The predicted octanol–water partition coefficient (Wildman–Crippen LogP) is 3.06. The highest BCUT2D eigenvalue weighted by atomic mass is 16.5. The van der Waals surface area contributed by atoms with Gasteiger partial charge in [0.15, 0.2) is 0 Å². The number of rotatable bonds is 5. The topological polar surface area (TPSA) is 44.8 Å². The van der Waals surface area contributed by atoms with Crippen molar-refractivity contribution in [2.24, 2.45) is 0 Å². The first-order valence-corrected chi connectivity index (χ1v) is 6.17. The van der Waals surface area contributed by atoms with Gasteiger partial charge in [0.25, 0.3) is 0 Å². The van der Waals surface area contributed by atoms with Crippen LogP contribution in [0.2, 0.25) is 0 Å². The predicted molar refractivity (Wildman–Crippen MR) is 75.1 cm³/mol. The van der Waals surface area contributed by atoms with Crippen LogP contribution in [0.15, 0.2) is 48.5 Å². The highest BCUT2D eigenvalue weighted by Gasteiger charge is 2.12. The highest BCUT2D eigenvalue weighted by molar-refractivity contribution is 5.92. The van der Waals surface area contributed by atoms with Crippen LogP contribution < -0.4 is 9.47 Å². The average Bonchev–Trinajstić information content (AvgIpc) is 2.52. The summed E-state index contributed by atoms with van der Waals surface area (Å²) in [4.78, 5) is 11.6. The lowest BCUT2D eigenvalue weighted by Crippen LogP contribution is -2.05. The Morgan fingerprint density at radius 3 is 2.60 bits per heavy atom. The van der Waals surface area contributed by atoms with E-state index in [1.807, 2.05) is 30.3 Å². The highest BCUT2D eigenvalue weighted by Crippen LogP contribution is 2.21. The van der Waals surface area contributed by atoms with Crippen molar-refractivity contribution in [3.8, 4) is 11.5 Å². The number of ether oxygens (including phenoxy) is 3. The van der Waals surface area contributed by atoms with Gasteiger partial charge in [-0.2, -0.15) is 0 Å². The molecule has 0 unspecified atom stereocenters. The number of carbonyl (C=O) groups excluding carboxylic acids is 1. The lowest BCUT2D eigenvalue weighted by Gasteiger charge is -2.10. The van der Waals surface area contributed by atoms with Gasteiger partial charge >= 0.3 is 5.97 Å². The second-order valence-corrected chi connectivity index (χ2v) is 4.13. The van der Waals surface area contributed by atoms with Gasteiger partial charge in [0, 0.05) is 0 Å². The molecule has 0 saturated heterocycles. The quantitative estimate of drug-likeness (QED) is 0.785. The first kappa shape index (κ1) is 13.9. The summed E-state index contributed by atoms with van der Waals surface area (Å²) in [5.74, 6) is 0.862. The standard InChI is InChI=1S/C16H16O4/c1-18-13-7-5-6-12(10-13)11-20-15-9-4-3-8-14(15)16(17)19-2/h3-10H,11H2,1-2H3. The smallest absolute Gasteiger partial charge is 0.341 e. The minimum absolute atomic E-state index is 0.352. The van der Waals surface area contributed by atoms with Gasteiger partial charge in [-0.15, -0.1) is 0 Å². The maximum atomic E-state index is 11.6. The molecule has 0 fully saturated rings. The molecule has 0 saturated carbocycles. The van der Waals surface area contributed by atoms with Gasteiger partial charge in [-0.1, -0.05) is 24.3 Å². The van der Waals surface area contributed by atoms with Crippen LogP contribution in [0.4, 0.5) is 0 Å². The fourth-order valence-electron chi connectivity index (χ4n) is 1.79. The molecule has 0 atom stereocenters. The van der Waals surface area contributed by atoms with Gasteiger partial charge in [-0.05, 0) is 29.8 Å². The SMILES string of the molecule is COC(=O)c1ccccc1OCc1cccc(OC)c1. The molecule has 4 heteroatoms. The van der Waals surface area contributed by atoms with Crippen molar-refractivity contribution in [2.45, 2.75) is 6.61 Å². The van der Waals surface area contributed by atoms with E-state index >= 15 is 0 Å². The zero-order chi connectivity index (χ0) is 14.4. The van der Waals surface area contributed by atoms with Crippen molar-refractivity contribution in [3.63, 3.8) is 0 Å². The van der Waals surface area contributed by atoms with E-state index in [-0.39, 0.29) is 0 Å². The summed E-state index contributed by atoms with van der Waals surface area (Å²) in [6.45, 7) is 0.352. The number of esters is 1. The molecule has 0 heterocycles. The molecule has 0 aliphatic heterocycles. The molecular formula is C16H16O4. The summed E-state index contributed by atoms with van der Waals surface area (Å²) in [6, 6.07) is 14.6. The van der Waals surface area contributed by atoms with Gasteiger partial charge in [-0.25, -0.2) is 4.79 Å². The van der Waals surface area contributed by atoms with Crippen LogP contribution in [0.5, 0.6) is 11.5 Å². The summed E-state index contributed by atoms with van der Waals surface area (Å²) in [5, 5.41) is 0. The third-order valence-electron chi connectivity index (χ3n) is 2.82. The van der Waals surface area contributed by atoms with Crippen molar-refractivity contribution < 1.29 is 19.0 Å². The maximum absolute atomic E-state index is 11.6. The third-order valence-corrected chi connectivity index (χ3v) is 2.82. The van der Waals surface area contributed by atoms with E-state index in [1.54, 1.807) is 25.3 Å². The molecule has 4 nitrogen and oxygen atoms in total. The minimum atomic E-state index is -0.411. The number of carbonyl (C=O) groups is 1. The van der Waals surface area contributed by atoms with Crippen molar-refractivity contribution >= 4 is 5.97 Å². The van der Waals surface area contributed by atoms with E-state index in [9.17, 15) is 4.79 Å². The third kappa shape index (κ3) is 3.29. The lowest BCUT2D eigenvalue weighted by molar-refractivity contribution is 0.0595. The molecule has 0 aliphatic carbocycles. The Hall–Kier alpha value is -2.49. The van der Waals surface area contributed by atoms with E-state index in [0.29, 0.717) is 17.9 Å². The molecule has 2 aromatic carbocycles. The molecule has 20 heavy (non-hydrogen) atoms. The summed E-state index contributed by atoms with van der Waals surface area (Å²) in [6.07, 6.45) is 0. The fourth-order valence-corrected chi connectivity index (χ4v) is 1.79. The monoisotopic (exact) mass is 272 g/mol. The van der Waals surface area contributed by atoms with Crippen LogP contribution in [-0.4, -0.2) is 20.2 Å². The zero-order valence-electron chi connectivity index (χ0n) is 11.5. The Morgan fingerprint density at radius 1 is 1.05 bits per heavy atom. The molecule has 0 aliphatic rings. The number of hydrogen-bond donors (Lipinski definition) is 0. The van der Waals surface area contributed by atoms with Gasteiger partial charge in [0.2, 0.25) is 0 Å². The van der Waals surface area contributed by atoms with Crippen molar-refractivity contribution in [1.82, 2.24) is 0 Å². The van der Waals surface area contributed by atoms with E-state index in [1.165, 1.54) is 7.11 Å². The van der Waals surface area contributed by atoms with Crippen LogP contribution >= 0.6 is 0 Å². The van der Waals surface area contributed by atoms with Gasteiger partial charge in [0.05, 0.1) is 14.2 Å². The number of benzene rings is 2. The molecule has 104 valence electrons. The van der Waals surface area contributed by atoms with E-state index in [4.69, 9.17) is 14.2 Å². The Labute approximate surface area is 117 Å². The molecule has 0 amide bonds. The Balaban J connectivity index is 2.12. The largest absolute Gasteiger partial charge is 0.497 e. The zero-order valence-corrected chi connectivity index (χ0v) is 11.5. The molecule has 0 spiro atoms. The number of methoxy groups -OCH3 is 2. The first-order valence-electron chi connectivity index (χ1n) is 6.17. The maximum Gasteiger partial charge on any atom is 0.341 e. The Morgan fingerprint density at radius 2 is 1.85 bits per heavy atom. The van der Waals surface area contributed by atoms with Crippen molar-refractivity contribution in [1.29, 1.82) is 0 Å². The average molecular weight is 272 g/mol. The molecule has 0 radical (unpaired) electrons. The van der Waals surface area contributed by atoms with E-state index < -0.39 is 5.97 Å². The van der Waals surface area contributed by atoms with Crippen LogP contribution in [0.25, 0.3) is 0 Å². The van der Waals surface area contributed by atoms with Crippen LogP contribution in [-0.2, 0) is 11.3 Å². The Kier molecular flexibility index (Phi) is 4.60. The van der Waals surface area contributed by atoms with Gasteiger partial charge in [-0.3, -0.25) is 0 Å². The summed E-state index contributed by atoms with van der Waals surface area (Å²) in [7, 11) is 2.97. The van der Waals surface area contributed by atoms with Crippen LogP contribution in [0.1, 0.15) is 15.9 Å². The normalized spacial score (nSPS) is 9.90. The molecule has 2 rings (SSSR count). The summed E-state index contributed by atoms with van der Waals surface area (Å²) < 4.78 is 15.6. The molecule has 0 N–H and O–H groups in total. The first-order chi connectivity index (χ1) is 9.74. The summed E-state index contributed by atoms with van der Waals surface area (Å²) in [5.41, 5.74) is 1.38. The van der Waals surface area contributed by atoms with Crippen molar-refractivity contribution in [3.05, 3.63) is 59.7 Å². The van der Waals surface area contributed by atoms with Gasteiger partial charge in [0.1, 0.15) is 23.7 Å². The summed E-state index contributed by atoms with van der Waals surface area (Å²) >= 11 is 0.